The van der Waals surface area contributed by atoms with E-state index in [4.69, 9.17) is 10.5 Å². The van der Waals surface area contributed by atoms with Crippen molar-refractivity contribution in [1.82, 2.24) is 14.8 Å². The standard InChI is InChI=1S/C10H12N4O2/c1-16-8-5-3-2-4-7(8)14-9(6-11)12-13-10(14)15/h2-5H,6,11H2,1H3,(H,13,15). The van der Waals surface area contributed by atoms with Gasteiger partial charge in [-0.05, 0) is 12.1 Å². The lowest BCUT2D eigenvalue weighted by Crippen LogP contribution is -2.19. The highest BCUT2D eigenvalue weighted by Gasteiger charge is 2.12. The fraction of sp³-hybridized carbons (Fsp3) is 0.200. The van der Waals surface area contributed by atoms with Crippen LogP contribution in [0.2, 0.25) is 0 Å². The number of nitrogens with zero attached hydrogens (tertiary/aromatic N) is 2. The maximum atomic E-state index is 11.6. The quantitative estimate of drug-likeness (QED) is 0.764. The van der Waals surface area contributed by atoms with Crippen molar-refractivity contribution in [2.24, 2.45) is 5.73 Å². The zero-order valence-corrected chi connectivity index (χ0v) is 8.80. The lowest BCUT2D eigenvalue weighted by molar-refractivity contribution is 0.412. The maximum Gasteiger partial charge on any atom is 0.348 e. The van der Waals surface area contributed by atoms with E-state index in [1.54, 1.807) is 19.2 Å². The van der Waals surface area contributed by atoms with E-state index in [1.807, 2.05) is 12.1 Å². The van der Waals surface area contributed by atoms with Gasteiger partial charge in [0.15, 0.2) is 5.82 Å². The second-order valence-electron chi connectivity index (χ2n) is 3.16. The van der Waals surface area contributed by atoms with Crippen LogP contribution in [-0.4, -0.2) is 21.9 Å². The second kappa shape index (κ2) is 4.19. The zero-order chi connectivity index (χ0) is 11.5. The molecule has 6 heteroatoms. The van der Waals surface area contributed by atoms with E-state index in [0.29, 0.717) is 17.3 Å². The molecule has 0 unspecified atom stereocenters. The smallest absolute Gasteiger partial charge is 0.348 e. The van der Waals surface area contributed by atoms with Gasteiger partial charge in [-0.2, -0.15) is 5.10 Å². The van der Waals surface area contributed by atoms with Crippen molar-refractivity contribution in [3.05, 3.63) is 40.6 Å². The van der Waals surface area contributed by atoms with Crippen molar-refractivity contribution < 1.29 is 4.74 Å². The highest BCUT2D eigenvalue weighted by atomic mass is 16.5. The minimum Gasteiger partial charge on any atom is -0.495 e. The van der Waals surface area contributed by atoms with E-state index in [9.17, 15) is 4.79 Å². The Hall–Kier alpha value is -2.08. The fourth-order valence-electron chi connectivity index (χ4n) is 1.53. The number of methoxy groups -OCH3 is 1. The number of hydrogen-bond donors (Lipinski definition) is 2. The molecular weight excluding hydrogens is 208 g/mol. The molecule has 0 fully saturated rings. The average Bonchev–Trinajstić information content (AvgIpc) is 2.70. The van der Waals surface area contributed by atoms with Crippen LogP contribution in [-0.2, 0) is 6.54 Å². The first-order valence-electron chi connectivity index (χ1n) is 4.77. The van der Waals surface area contributed by atoms with Crippen molar-refractivity contribution in [1.29, 1.82) is 0 Å². The molecule has 0 saturated heterocycles. The summed E-state index contributed by atoms with van der Waals surface area (Å²) in [6.45, 7) is 0.177. The Balaban J connectivity index is 2.66. The summed E-state index contributed by atoms with van der Waals surface area (Å²) in [5.41, 5.74) is 5.81. The Labute approximate surface area is 91.7 Å². The van der Waals surface area contributed by atoms with Crippen LogP contribution in [0.15, 0.2) is 29.1 Å². The van der Waals surface area contributed by atoms with Gasteiger partial charge in [0.2, 0.25) is 0 Å². The highest BCUT2D eigenvalue weighted by Crippen LogP contribution is 2.21. The molecule has 0 aliphatic rings. The molecule has 0 atom stereocenters. The third kappa shape index (κ3) is 1.59. The summed E-state index contributed by atoms with van der Waals surface area (Å²) in [6, 6.07) is 7.19. The Morgan fingerprint density at radius 2 is 2.25 bits per heavy atom. The van der Waals surface area contributed by atoms with Crippen molar-refractivity contribution in [2.75, 3.05) is 7.11 Å². The molecule has 1 aromatic heterocycles. The van der Waals surface area contributed by atoms with E-state index in [2.05, 4.69) is 10.2 Å². The largest absolute Gasteiger partial charge is 0.495 e. The molecule has 1 aromatic carbocycles. The summed E-state index contributed by atoms with van der Waals surface area (Å²) in [4.78, 5) is 11.6. The van der Waals surface area contributed by atoms with Crippen LogP contribution >= 0.6 is 0 Å². The Bertz CT molecular complexity index is 544. The highest BCUT2D eigenvalue weighted by molar-refractivity contribution is 5.46. The minimum atomic E-state index is -0.329. The number of hydrogen-bond acceptors (Lipinski definition) is 4. The molecular formula is C10H12N4O2. The first-order chi connectivity index (χ1) is 7.77. The van der Waals surface area contributed by atoms with Crippen LogP contribution < -0.4 is 16.2 Å². The van der Waals surface area contributed by atoms with E-state index >= 15 is 0 Å². The van der Waals surface area contributed by atoms with Gasteiger partial charge in [0.05, 0.1) is 19.3 Å². The molecule has 0 saturated carbocycles. The Kier molecular flexibility index (Phi) is 2.74. The molecule has 1 heterocycles. The van der Waals surface area contributed by atoms with Crippen molar-refractivity contribution in [2.45, 2.75) is 6.54 Å². The first kappa shape index (κ1) is 10.4. The van der Waals surface area contributed by atoms with Gasteiger partial charge in [-0.15, -0.1) is 0 Å². The average molecular weight is 220 g/mol. The van der Waals surface area contributed by atoms with Crippen molar-refractivity contribution in [3.8, 4) is 11.4 Å². The molecule has 0 amide bonds. The normalized spacial score (nSPS) is 10.4. The predicted octanol–water partition coefficient (Wildman–Crippen LogP) is 0.0279. The van der Waals surface area contributed by atoms with E-state index in [-0.39, 0.29) is 12.2 Å². The number of benzene rings is 1. The number of para-hydroxylation sites is 2. The molecule has 0 aliphatic heterocycles. The predicted molar refractivity (Wildman–Crippen MR) is 58.6 cm³/mol. The van der Waals surface area contributed by atoms with Crippen molar-refractivity contribution >= 4 is 0 Å². The molecule has 0 radical (unpaired) electrons. The van der Waals surface area contributed by atoms with Gasteiger partial charge >= 0.3 is 5.69 Å². The number of nitrogens with one attached hydrogen (secondary N) is 1. The lowest BCUT2D eigenvalue weighted by atomic mass is 10.3. The van der Waals surface area contributed by atoms with Gasteiger partial charge in [0, 0.05) is 0 Å². The molecule has 0 aliphatic carbocycles. The molecule has 2 rings (SSSR count). The third-order valence-corrected chi connectivity index (χ3v) is 2.25. The zero-order valence-electron chi connectivity index (χ0n) is 8.80. The third-order valence-electron chi connectivity index (χ3n) is 2.25. The van der Waals surface area contributed by atoms with Crippen LogP contribution in [0.5, 0.6) is 5.75 Å². The van der Waals surface area contributed by atoms with Gasteiger partial charge in [-0.3, -0.25) is 0 Å². The second-order valence-corrected chi connectivity index (χ2v) is 3.16. The van der Waals surface area contributed by atoms with Gasteiger partial charge in [-0.1, -0.05) is 12.1 Å². The number of rotatable bonds is 3. The van der Waals surface area contributed by atoms with E-state index in [0.717, 1.165) is 0 Å². The molecule has 2 aromatic rings. The summed E-state index contributed by atoms with van der Waals surface area (Å²) in [5.74, 6) is 1.07. The monoisotopic (exact) mass is 220 g/mol. The van der Waals surface area contributed by atoms with Gasteiger partial charge < -0.3 is 10.5 Å². The number of nitrogens with two attached hydrogens (primary N) is 1. The topological polar surface area (TPSA) is 85.9 Å². The summed E-state index contributed by atoms with van der Waals surface area (Å²) in [6.07, 6.45) is 0. The summed E-state index contributed by atoms with van der Waals surface area (Å²) >= 11 is 0. The van der Waals surface area contributed by atoms with Crippen LogP contribution in [0.25, 0.3) is 5.69 Å². The minimum absolute atomic E-state index is 0.177. The number of ether oxygens (including phenoxy) is 1. The van der Waals surface area contributed by atoms with Gasteiger partial charge in [0.1, 0.15) is 5.75 Å². The van der Waals surface area contributed by atoms with E-state index in [1.165, 1.54) is 4.57 Å². The number of aromatic amines is 1. The molecule has 0 spiro atoms. The summed E-state index contributed by atoms with van der Waals surface area (Å²) < 4.78 is 6.58. The molecule has 16 heavy (non-hydrogen) atoms. The summed E-state index contributed by atoms with van der Waals surface area (Å²) in [5, 5.41) is 6.19. The van der Waals surface area contributed by atoms with Crippen LogP contribution in [0.3, 0.4) is 0 Å². The first-order valence-corrected chi connectivity index (χ1v) is 4.77. The SMILES string of the molecule is COc1ccccc1-n1c(CN)n[nH]c1=O. The van der Waals surface area contributed by atoms with Gasteiger partial charge in [-0.25, -0.2) is 14.5 Å². The number of H-pyrrole nitrogens is 1. The van der Waals surface area contributed by atoms with Crippen LogP contribution in [0.4, 0.5) is 0 Å². The molecule has 0 bridgehead atoms. The Morgan fingerprint density at radius 3 is 2.94 bits per heavy atom. The van der Waals surface area contributed by atoms with Gasteiger partial charge in [0.25, 0.3) is 0 Å². The number of aromatic nitrogens is 3. The van der Waals surface area contributed by atoms with E-state index < -0.39 is 0 Å². The molecule has 3 N–H and O–H groups in total. The fourth-order valence-corrected chi connectivity index (χ4v) is 1.53. The van der Waals surface area contributed by atoms with Crippen LogP contribution in [0.1, 0.15) is 5.82 Å². The molecule has 84 valence electrons. The maximum absolute atomic E-state index is 11.6. The molecule has 6 nitrogen and oxygen atoms in total. The summed E-state index contributed by atoms with van der Waals surface area (Å²) in [7, 11) is 1.55. The lowest BCUT2D eigenvalue weighted by Gasteiger charge is -2.09. The Morgan fingerprint density at radius 1 is 1.50 bits per heavy atom. The van der Waals surface area contributed by atoms with Crippen molar-refractivity contribution in [3.63, 3.8) is 0 Å². The van der Waals surface area contributed by atoms with Crippen LogP contribution in [0, 0.1) is 0 Å².